The largest absolute Gasteiger partial charge is 0.378 e. The smallest absolute Gasteiger partial charge is 0.143 e. The Morgan fingerprint density at radius 3 is 1.77 bits per heavy atom. The lowest BCUT2D eigenvalue weighted by molar-refractivity contribution is -0.226. The predicted octanol–water partition coefficient (Wildman–Crippen LogP) is 12.4. The SMILES string of the molecule is C[C@H](CCCOC(c1ccccc1)(c1ccccc1)c1ccccc1)[C@H]1CC[C@H]2C3[C@H](OCCN=[N+]=[N-])CC4C[C@@H](OCCN=[N+]=[N-])CC[C@]4(C)[C@H]3C[C@H](OCCN=[N+]=[N-])[C@]12C. The Hall–Kier alpha value is -4.57. The lowest BCUT2D eigenvalue weighted by Gasteiger charge is -2.64. The molecule has 0 spiro atoms. The Morgan fingerprint density at radius 2 is 1.21 bits per heavy atom. The van der Waals surface area contributed by atoms with E-state index in [4.69, 9.17) is 35.5 Å². The van der Waals surface area contributed by atoms with Gasteiger partial charge in [0.05, 0.1) is 38.1 Å². The van der Waals surface area contributed by atoms with E-state index < -0.39 is 5.60 Å². The summed E-state index contributed by atoms with van der Waals surface area (Å²) in [5.74, 6) is 2.34. The van der Waals surface area contributed by atoms with Crippen molar-refractivity contribution in [2.45, 2.75) is 102 Å². The van der Waals surface area contributed by atoms with Gasteiger partial charge in [-0.3, -0.25) is 0 Å². The molecule has 62 heavy (non-hydrogen) atoms. The molecular formula is C49H65N9O4. The number of rotatable bonds is 21. The van der Waals surface area contributed by atoms with Crippen molar-refractivity contribution < 1.29 is 18.9 Å². The van der Waals surface area contributed by atoms with Crippen molar-refractivity contribution >= 4 is 0 Å². The van der Waals surface area contributed by atoms with Crippen LogP contribution in [-0.4, -0.2) is 64.4 Å². The van der Waals surface area contributed by atoms with Gasteiger partial charge in [0, 0.05) is 46.4 Å². The fourth-order valence-corrected chi connectivity index (χ4v) is 13.1. The van der Waals surface area contributed by atoms with E-state index >= 15 is 0 Å². The molecule has 0 bridgehead atoms. The summed E-state index contributed by atoms with van der Waals surface area (Å²) in [4.78, 5) is 8.93. The Morgan fingerprint density at radius 1 is 0.661 bits per heavy atom. The molecule has 330 valence electrons. The van der Waals surface area contributed by atoms with Crippen LogP contribution in [0.5, 0.6) is 0 Å². The summed E-state index contributed by atoms with van der Waals surface area (Å²) in [5.41, 5.74) is 29.5. The molecular weight excluding hydrogens is 779 g/mol. The molecule has 13 heteroatoms. The monoisotopic (exact) mass is 844 g/mol. The second kappa shape index (κ2) is 21.2. The molecule has 0 aliphatic heterocycles. The maximum absolute atomic E-state index is 9.14. The summed E-state index contributed by atoms with van der Waals surface area (Å²) in [7, 11) is 0. The lowest BCUT2D eigenvalue weighted by atomic mass is 9.43. The highest BCUT2D eigenvalue weighted by Crippen LogP contribution is 2.69. The molecule has 0 heterocycles. The minimum Gasteiger partial charge on any atom is -0.378 e. The van der Waals surface area contributed by atoms with E-state index in [0.717, 1.165) is 74.5 Å². The number of hydrogen-bond donors (Lipinski definition) is 0. The summed E-state index contributed by atoms with van der Waals surface area (Å²) >= 11 is 0. The second-order valence-electron chi connectivity index (χ2n) is 18.7. The van der Waals surface area contributed by atoms with Gasteiger partial charge in [-0.2, -0.15) is 0 Å². The van der Waals surface area contributed by atoms with Gasteiger partial charge in [-0.05, 0) is 132 Å². The van der Waals surface area contributed by atoms with Crippen molar-refractivity contribution in [1.29, 1.82) is 0 Å². The van der Waals surface area contributed by atoms with Crippen LogP contribution in [0.4, 0.5) is 0 Å². The van der Waals surface area contributed by atoms with Crippen LogP contribution in [0.3, 0.4) is 0 Å². The first-order valence-electron chi connectivity index (χ1n) is 23.0. The van der Waals surface area contributed by atoms with Crippen LogP contribution in [0.1, 0.15) is 95.2 Å². The zero-order valence-electron chi connectivity index (χ0n) is 36.8. The minimum absolute atomic E-state index is 0.00738. The Balaban J connectivity index is 1.13. The van der Waals surface area contributed by atoms with Crippen LogP contribution in [0.2, 0.25) is 0 Å². The average molecular weight is 844 g/mol. The highest BCUT2D eigenvalue weighted by atomic mass is 16.5. The van der Waals surface area contributed by atoms with Crippen molar-refractivity contribution in [2.75, 3.05) is 46.1 Å². The second-order valence-corrected chi connectivity index (χ2v) is 18.7. The lowest BCUT2D eigenvalue weighted by Crippen LogP contribution is -2.63. The maximum atomic E-state index is 9.14. The fourth-order valence-electron chi connectivity index (χ4n) is 13.1. The molecule has 11 atom stereocenters. The van der Waals surface area contributed by atoms with Crippen LogP contribution >= 0.6 is 0 Å². The molecule has 0 saturated heterocycles. The third-order valence-corrected chi connectivity index (χ3v) is 15.9. The van der Waals surface area contributed by atoms with E-state index in [0.29, 0.717) is 81.6 Å². The molecule has 4 fully saturated rings. The van der Waals surface area contributed by atoms with Crippen molar-refractivity contribution in [3.8, 4) is 0 Å². The van der Waals surface area contributed by atoms with Gasteiger partial charge in [0.25, 0.3) is 0 Å². The molecule has 4 aliphatic rings. The van der Waals surface area contributed by atoms with Crippen molar-refractivity contribution in [1.82, 2.24) is 0 Å². The Labute approximate surface area is 367 Å². The predicted molar refractivity (Wildman–Crippen MR) is 241 cm³/mol. The van der Waals surface area contributed by atoms with Crippen molar-refractivity contribution in [3.63, 3.8) is 0 Å². The number of fused-ring (bicyclic) bond motifs is 5. The molecule has 2 unspecified atom stereocenters. The summed E-state index contributed by atoms with van der Waals surface area (Å²) in [5, 5.41) is 11.4. The van der Waals surface area contributed by atoms with E-state index in [1.54, 1.807) is 0 Å². The van der Waals surface area contributed by atoms with Gasteiger partial charge >= 0.3 is 0 Å². The summed E-state index contributed by atoms with van der Waals surface area (Å²) in [6.07, 6.45) is 9.18. The molecule has 0 radical (unpaired) electrons. The minimum atomic E-state index is -0.750. The van der Waals surface area contributed by atoms with E-state index in [2.05, 4.69) is 142 Å². The van der Waals surface area contributed by atoms with E-state index in [1.807, 2.05) is 0 Å². The van der Waals surface area contributed by atoms with E-state index in [9.17, 15) is 0 Å². The molecule has 13 nitrogen and oxygen atoms in total. The van der Waals surface area contributed by atoms with Gasteiger partial charge in [0.2, 0.25) is 0 Å². The average Bonchev–Trinajstić information content (AvgIpc) is 3.67. The van der Waals surface area contributed by atoms with Gasteiger partial charge in [-0.1, -0.05) is 127 Å². The highest BCUT2D eigenvalue weighted by molar-refractivity contribution is 5.47. The summed E-state index contributed by atoms with van der Waals surface area (Å²) in [6, 6.07) is 31.8. The van der Waals surface area contributed by atoms with E-state index in [-0.39, 0.29) is 29.1 Å². The number of hydrogen-bond acceptors (Lipinski definition) is 7. The fraction of sp³-hybridized carbons (Fsp3) is 0.633. The molecule has 7 rings (SSSR count). The molecule has 0 amide bonds. The first-order chi connectivity index (χ1) is 30.3. The van der Waals surface area contributed by atoms with Crippen LogP contribution < -0.4 is 0 Å². The van der Waals surface area contributed by atoms with Crippen molar-refractivity contribution in [2.24, 2.45) is 61.7 Å². The van der Waals surface area contributed by atoms with Crippen LogP contribution in [0, 0.1) is 46.3 Å². The van der Waals surface area contributed by atoms with Gasteiger partial charge in [-0.25, -0.2) is 0 Å². The van der Waals surface area contributed by atoms with Crippen molar-refractivity contribution in [3.05, 3.63) is 139 Å². The first kappa shape index (κ1) is 45.5. The zero-order valence-corrected chi connectivity index (χ0v) is 36.8. The molecule has 3 aromatic carbocycles. The summed E-state index contributed by atoms with van der Waals surface area (Å²) < 4.78 is 27.3. The number of benzene rings is 3. The number of ether oxygens (including phenoxy) is 4. The molecule has 0 aromatic heterocycles. The molecule has 4 saturated carbocycles. The van der Waals surface area contributed by atoms with Gasteiger partial charge in [0.1, 0.15) is 5.60 Å². The third-order valence-electron chi connectivity index (χ3n) is 15.9. The van der Waals surface area contributed by atoms with E-state index in [1.165, 1.54) is 0 Å². The standard InChI is InChI=1S/C49H65N9O4/c1-35(14-13-28-62-49(36-15-7-4-8-16-36,37-17-9-5-10-18-37)38-19-11-6-12-20-38)41-21-22-42-46-43(34-45(48(41,42)3)61-31-27-55-58-52)47(2)24-23-40(59-29-25-53-56-50)32-39(47)33-44(46)60-30-26-54-57-51/h4-12,15-20,35,39-46H,13-14,21-34H2,1-3H3/t35-,39?,40+,41-,42+,43+,44-,45+,46?,47+,48-/m1/s1. The molecule has 3 aromatic rings. The molecule has 4 aliphatic carbocycles. The normalized spacial score (nSPS) is 30.6. The molecule has 0 N–H and O–H groups in total. The quantitative estimate of drug-likeness (QED) is 0.0340. The zero-order chi connectivity index (χ0) is 43.4. The summed E-state index contributed by atoms with van der Waals surface area (Å²) in [6.45, 7) is 10.2. The van der Waals surface area contributed by atoms with Crippen LogP contribution in [0.15, 0.2) is 106 Å². The maximum Gasteiger partial charge on any atom is 0.143 e. The number of azide groups is 3. The Bertz CT molecular complexity index is 1930. The van der Waals surface area contributed by atoms with Gasteiger partial charge in [0.15, 0.2) is 0 Å². The van der Waals surface area contributed by atoms with Crippen LogP contribution in [-0.2, 0) is 24.5 Å². The number of nitrogens with zero attached hydrogens (tertiary/aromatic N) is 9. The Kier molecular flexibility index (Phi) is 15.5. The van der Waals surface area contributed by atoms with Gasteiger partial charge < -0.3 is 18.9 Å². The first-order valence-corrected chi connectivity index (χ1v) is 23.0. The van der Waals surface area contributed by atoms with Crippen LogP contribution in [0.25, 0.3) is 31.3 Å². The topological polar surface area (TPSA) is 183 Å². The van der Waals surface area contributed by atoms with Gasteiger partial charge in [-0.15, -0.1) is 0 Å². The highest BCUT2D eigenvalue weighted by Gasteiger charge is 2.66. The third kappa shape index (κ3) is 9.36.